The molecule has 0 spiro atoms. The summed E-state index contributed by atoms with van der Waals surface area (Å²) in [5.74, 6) is -0.106. The third kappa shape index (κ3) is 5.70. The number of carbonyl (C=O) groups is 2. The summed E-state index contributed by atoms with van der Waals surface area (Å²) in [6.45, 7) is 1.92. The monoisotopic (exact) mass is 747 g/mol. The van der Waals surface area contributed by atoms with Gasteiger partial charge in [-0.3, -0.25) is 4.79 Å². The molecule has 3 rings (SSSR count). The predicted octanol–water partition coefficient (Wildman–Crippen LogP) is 6.20. The quantitative estimate of drug-likeness (QED) is 0.158. The molecular formula is C20H13ClI3NO4. The highest BCUT2D eigenvalue weighted by Crippen LogP contribution is 2.31. The Balaban J connectivity index is 1.91. The van der Waals surface area contributed by atoms with E-state index in [4.69, 9.17) is 21.1 Å². The first-order valence-electron chi connectivity index (χ1n) is 8.46. The molecule has 0 fully saturated rings. The molecule has 2 aromatic rings. The van der Waals surface area contributed by atoms with Crippen molar-refractivity contribution >= 4 is 103 Å². The Kier molecular flexibility index (Phi) is 7.95. The van der Waals surface area contributed by atoms with Gasteiger partial charge in [0.25, 0.3) is 0 Å². The van der Waals surface area contributed by atoms with Crippen molar-refractivity contribution in [3.63, 3.8) is 0 Å². The van der Waals surface area contributed by atoms with Gasteiger partial charge in [0.05, 0.1) is 17.7 Å². The van der Waals surface area contributed by atoms with Crippen molar-refractivity contribution in [2.45, 2.75) is 19.8 Å². The second kappa shape index (κ2) is 10.1. The molecule has 5 nitrogen and oxygen atoms in total. The maximum Gasteiger partial charge on any atom is 0.363 e. The zero-order chi connectivity index (χ0) is 21.1. The highest BCUT2D eigenvalue weighted by atomic mass is 127. The number of cyclic esters (lactones) is 1. The van der Waals surface area contributed by atoms with Crippen LogP contribution in [-0.4, -0.2) is 17.8 Å². The van der Waals surface area contributed by atoms with E-state index in [9.17, 15) is 9.59 Å². The first-order valence-corrected chi connectivity index (χ1v) is 12.1. The van der Waals surface area contributed by atoms with E-state index >= 15 is 0 Å². The Morgan fingerprint density at radius 2 is 1.90 bits per heavy atom. The molecule has 29 heavy (non-hydrogen) atoms. The Hall–Kier alpha value is -0.730. The number of ether oxygens (including phenoxy) is 2. The van der Waals surface area contributed by atoms with Crippen LogP contribution in [0.25, 0.3) is 6.08 Å². The Labute approximate surface area is 213 Å². The van der Waals surface area contributed by atoms with Crippen LogP contribution >= 0.6 is 79.4 Å². The second-order valence-corrected chi connectivity index (χ2v) is 9.98. The standard InChI is InChI=1S/C20H13ClI3NO4/c1-2-3-17(26)28-18-14(23)6-10(7-15(18)24)8-16-20(27)29-19(25-16)12-9-11(22)4-5-13(12)21/h4-9H,2-3H2,1H3/b16-8-. The fourth-order valence-electron chi connectivity index (χ4n) is 2.47. The zero-order valence-electron chi connectivity index (χ0n) is 15.0. The summed E-state index contributed by atoms with van der Waals surface area (Å²) in [6, 6.07) is 9.05. The van der Waals surface area contributed by atoms with Crippen molar-refractivity contribution in [2.75, 3.05) is 0 Å². The van der Waals surface area contributed by atoms with E-state index in [1.807, 2.05) is 31.2 Å². The maximum absolute atomic E-state index is 12.3. The average molecular weight is 747 g/mol. The molecule has 1 heterocycles. The average Bonchev–Trinajstić information content (AvgIpc) is 3.01. The zero-order valence-corrected chi connectivity index (χ0v) is 22.2. The fraction of sp³-hybridized carbons (Fsp3) is 0.150. The maximum atomic E-state index is 12.3. The summed E-state index contributed by atoms with van der Waals surface area (Å²) in [5.41, 5.74) is 1.50. The molecule has 0 aliphatic carbocycles. The van der Waals surface area contributed by atoms with Crippen LogP contribution in [0.5, 0.6) is 5.75 Å². The van der Waals surface area contributed by atoms with Gasteiger partial charge in [-0.15, -0.1) is 0 Å². The molecular weight excluding hydrogens is 734 g/mol. The van der Waals surface area contributed by atoms with Crippen molar-refractivity contribution in [1.29, 1.82) is 0 Å². The molecule has 150 valence electrons. The lowest BCUT2D eigenvalue weighted by molar-refractivity contribution is -0.134. The summed E-state index contributed by atoms with van der Waals surface area (Å²) >= 11 is 12.6. The van der Waals surface area contributed by atoms with Crippen molar-refractivity contribution in [3.8, 4) is 5.75 Å². The van der Waals surface area contributed by atoms with Crippen LogP contribution < -0.4 is 4.74 Å². The molecule has 0 N–H and O–H groups in total. The summed E-state index contributed by atoms with van der Waals surface area (Å²) < 4.78 is 13.3. The van der Waals surface area contributed by atoms with E-state index in [0.29, 0.717) is 22.8 Å². The number of carbonyl (C=O) groups excluding carboxylic acids is 2. The third-order valence-electron chi connectivity index (χ3n) is 3.77. The van der Waals surface area contributed by atoms with Gasteiger partial charge in [-0.05, 0) is 116 Å². The number of aliphatic imine (C=N–C) groups is 1. The molecule has 0 saturated carbocycles. The number of rotatable bonds is 5. The number of hydrogen-bond donors (Lipinski definition) is 0. The smallest absolute Gasteiger partial charge is 0.363 e. The number of nitrogens with zero attached hydrogens (tertiary/aromatic N) is 1. The van der Waals surface area contributed by atoms with Crippen LogP contribution in [-0.2, 0) is 14.3 Å². The summed E-state index contributed by atoms with van der Waals surface area (Å²) in [6.07, 6.45) is 2.73. The van der Waals surface area contributed by atoms with Crippen LogP contribution in [0.15, 0.2) is 41.0 Å². The Morgan fingerprint density at radius 3 is 2.55 bits per heavy atom. The van der Waals surface area contributed by atoms with E-state index in [2.05, 4.69) is 72.8 Å². The van der Waals surface area contributed by atoms with Gasteiger partial charge >= 0.3 is 11.9 Å². The number of hydrogen-bond acceptors (Lipinski definition) is 5. The lowest BCUT2D eigenvalue weighted by Crippen LogP contribution is -2.09. The first-order chi connectivity index (χ1) is 13.8. The molecule has 0 unspecified atom stereocenters. The molecule has 0 radical (unpaired) electrons. The van der Waals surface area contributed by atoms with Crippen molar-refractivity contribution in [1.82, 2.24) is 0 Å². The van der Waals surface area contributed by atoms with Crippen molar-refractivity contribution < 1.29 is 19.1 Å². The van der Waals surface area contributed by atoms with Gasteiger partial charge in [0.2, 0.25) is 5.90 Å². The van der Waals surface area contributed by atoms with Crippen LogP contribution in [0.1, 0.15) is 30.9 Å². The molecule has 0 bridgehead atoms. The molecule has 1 aliphatic rings. The lowest BCUT2D eigenvalue weighted by atomic mass is 10.2. The largest absolute Gasteiger partial charge is 0.424 e. The van der Waals surface area contributed by atoms with E-state index < -0.39 is 5.97 Å². The minimum absolute atomic E-state index is 0.178. The second-order valence-electron chi connectivity index (χ2n) is 6.00. The minimum atomic E-state index is -0.543. The van der Waals surface area contributed by atoms with Crippen LogP contribution in [0.4, 0.5) is 0 Å². The number of esters is 2. The molecule has 0 saturated heterocycles. The van der Waals surface area contributed by atoms with Gasteiger partial charge in [0.15, 0.2) is 11.4 Å². The first kappa shape index (κ1) is 22.9. The minimum Gasteiger partial charge on any atom is -0.424 e. The molecule has 1 aliphatic heterocycles. The van der Waals surface area contributed by atoms with Crippen molar-refractivity contribution in [2.24, 2.45) is 4.99 Å². The third-order valence-corrected chi connectivity index (χ3v) is 6.38. The van der Waals surface area contributed by atoms with Crippen LogP contribution in [0.3, 0.4) is 0 Å². The molecule has 0 atom stereocenters. The SMILES string of the molecule is CCCC(=O)Oc1c(I)cc(/C=C2\N=C(c3cc(I)ccc3Cl)OC2=O)cc1I. The van der Waals surface area contributed by atoms with Crippen molar-refractivity contribution in [3.05, 3.63) is 62.9 Å². The van der Waals surface area contributed by atoms with Gasteiger partial charge in [-0.2, -0.15) is 0 Å². The summed E-state index contributed by atoms with van der Waals surface area (Å²) in [4.78, 5) is 28.4. The Morgan fingerprint density at radius 1 is 1.21 bits per heavy atom. The lowest BCUT2D eigenvalue weighted by Gasteiger charge is -2.09. The van der Waals surface area contributed by atoms with Gasteiger partial charge in [-0.1, -0.05) is 18.5 Å². The Bertz CT molecular complexity index is 1040. The van der Waals surface area contributed by atoms with E-state index in [0.717, 1.165) is 22.7 Å². The molecule has 9 heteroatoms. The fourth-order valence-corrected chi connectivity index (χ4v) is 5.20. The summed E-state index contributed by atoms with van der Waals surface area (Å²) in [7, 11) is 0. The topological polar surface area (TPSA) is 65.0 Å². The van der Waals surface area contributed by atoms with E-state index in [1.54, 1.807) is 12.1 Å². The number of halogens is 4. The van der Waals surface area contributed by atoms with E-state index in [1.165, 1.54) is 0 Å². The van der Waals surface area contributed by atoms with Gasteiger partial charge in [0, 0.05) is 9.99 Å². The van der Waals surface area contributed by atoms with E-state index in [-0.39, 0.29) is 17.6 Å². The molecule has 2 aromatic carbocycles. The molecule has 0 aromatic heterocycles. The van der Waals surface area contributed by atoms with Crippen LogP contribution in [0, 0.1) is 10.7 Å². The molecule has 0 amide bonds. The highest BCUT2D eigenvalue weighted by Gasteiger charge is 2.26. The van der Waals surface area contributed by atoms with Crippen LogP contribution in [0.2, 0.25) is 5.02 Å². The summed E-state index contributed by atoms with van der Waals surface area (Å²) in [5, 5.41) is 0.459. The normalized spacial score (nSPS) is 14.7. The predicted molar refractivity (Wildman–Crippen MR) is 137 cm³/mol. The highest BCUT2D eigenvalue weighted by molar-refractivity contribution is 14.1. The van der Waals surface area contributed by atoms with Gasteiger partial charge in [-0.25, -0.2) is 9.79 Å². The number of benzene rings is 2. The van der Waals surface area contributed by atoms with Gasteiger partial charge < -0.3 is 9.47 Å². The van der Waals surface area contributed by atoms with Gasteiger partial charge in [0.1, 0.15) is 0 Å².